The predicted octanol–water partition coefficient (Wildman–Crippen LogP) is 4.85. The number of nitrogens with zero attached hydrogens (tertiary/aromatic N) is 6. The van der Waals surface area contributed by atoms with Crippen LogP contribution in [0.2, 0.25) is 0 Å². The highest BCUT2D eigenvalue weighted by Gasteiger charge is 2.18. The van der Waals surface area contributed by atoms with Gasteiger partial charge in [-0.05, 0) is 35.2 Å². The number of nitrogens with one attached hydrogen (secondary N) is 1. The van der Waals surface area contributed by atoms with E-state index in [1.165, 1.54) is 0 Å². The lowest BCUT2D eigenvalue weighted by Gasteiger charge is -2.28. The lowest BCUT2D eigenvalue weighted by atomic mass is 10.1. The first-order valence-corrected chi connectivity index (χ1v) is 12.6. The molecule has 0 atom stereocenters. The summed E-state index contributed by atoms with van der Waals surface area (Å²) in [4.78, 5) is 11.7. The molecule has 2 aromatic carbocycles. The lowest BCUT2D eigenvalue weighted by Crippen LogP contribution is -2.36. The van der Waals surface area contributed by atoms with E-state index < -0.39 is 0 Å². The molecule has 0 unspecified atom stereocenters. The molecule has 0 amide bonds. The number of fused-ring (bicyclic) bond motifs is 2. The van der Waals surface area contributed by atoms with Crippen molar-refractivity contribution in [3.05, 3.63) is 82.9 Å². The minimum Gasteiger partial charge on any atom is -0.378 e. The number of anilines is 2. The number of thiophene rings is 1. The van der Waals surface area contributed by atoms with Crippen LogP contribution in [0.4, 0.5) is 11.8 Å². The number of rotatable bonds is 6. The number of nitriles is 1. The highest BCUT2D eigenvalue weighted by Crippen LogP contribution is 2.30. The second-order valence-electron chi connectivity index (χ2n) is 8.51. The quantitative estimate of drug-likeness (QED) is 0.269. The fourth-order valence-electron chi connectivity index (χ4n) is 4.44. The summed E-state index contributed by atoms with van der Waals surface area (Å²) in [5.74, 6) is 1.40. The molecule has 1 aliphatic heterocycles. The molecule has 1 saturated heterocycles. The van der Waals surface area contributed by atoms with Crippen LogP contribution < -0.4 is 10.3 Å². The Labute approximate surface area is 212 Å². The molecule has 1 fully saturated rings. The van der Waals surface area contributed by atoms with Gasteiger partial charge in [0.05, 0.1) is 41.3 Å². The van der Waals surface area contributed by atoms with Gasteiger partial charge in [-0.15, -0.1) is 11.3 Å². The van der Waals surface area contributed by atoms with Gasteiger partial charge in [-0.25, -0.2) is 10.4 Å². The van der Waals surface area contributed by atoms with Crippen molar-refractivity contribution in [3.8, 4) is 6.07 Å². The molecular formula is C27H23N7OS. The van der Waals surface area contributed by atoms with E-state index in [4.69, 9.17) is 15.0 Å². The molecule has 36 heavy (non-hydrogen) atoms. The second kappa shape index (κ2) is 9.77. The van der Waals surface area contributed by atoms with Crippen LogP contribution in [0.1, 0.15) is 16.7 Å². The average Bonchev–Trinajstić information content (AvgIpc) is 3.54. The van der Waals surface area contributed by atoms with E-state index in [1.807, 2.05) is 54.1 Å². The largest absolute Gasteiger partial charge is 0.378 e. The Morgan fingerprint density at radius 3 is 2.75 bits per heavy atom. The molecule has 4 heterocycles. The maximum Gasteiger partial charge on any atom is 0.246 e. The highest BCUT2D eigenvalue weighted by atomic mass is 32.1. The van der Waals surface area contributed by atoms with Crippen LogP contribution >= 0.6 is 11.3 Å². The minimum absolute atomic E-state index is 0.472. The average molecular weight is 494 g/mol. The number of hydrogen-bond donors (Lipinski definition) is 1. The van der Waals surface area contributed by atoms with Gasteiger partial charge in [-0.1, -0.05) is 30.3 Å². The fourth-order valence-corrected chi connectivity index (χ4v) is 5.28. The van der Waals surface area contributed by atoms with Crippen molar-refractivity contribution in [1.82, 2.24) is 14.5 Å². The third kappa shape index (κ3) is 4.40. The van der Waals surface area contributed by atoms with Gasteiger partial charge in [-0.3, -0.25) is 0 Å². The third-order valence-corrected chi connectivity index (χ3v) is 7.12. The van der Waals surface area contributed by atoms with Crippen molar-refractivity contribution < 1.29 is 4.74 Å². The van der Waals surface area contributed by atoms with Gasteiger partial charge in [0.2, 0.25) is 5.95 Å². The van der Waals surface area contributed by atoms with Crippen LogP contribution in [-0.2, 0) is 11.3 Å². The van der Waals surface area contributed by atoms with E-state index in [-0.39, 0.29) is 0 Å². The first-order chi connectivity index (χ1) is 17.8. The maximum atomic E-state index is 9.06. The first kappa shape index (κ1) is 22.2. The summed E-state index contributed by atoms with van der Waals surface area (Å²) in [6, 6.07) is 20.1. The van der Waals surface area contributed by atoms with Crippen LogP contribution in [-0.4, -0.2) is 47.1 Å². The zero-order valence-electron chi connectivity index (χ0n) is 19.5. The number of ether oxygens (including phenoxy) is 1. The third-order valence-electron chi connectivity index (χ3n) is 6.22. The molecule has 1 aliphatic rings. The summed E-state index contributed by atoms with van der Waals surface area (Å²) in [6.45, 7) is 3.72. The Bertz CT molecular complexity index is 1590. The van der Waals surface area contributed by atoms with E-state index >= 15 is 0 Å². The zero-order chi connectivity index (χ0) is 24.3. The SMILES string of the molecule is N#Cc1ccc(Cn2cc(/C=N/Nc3nc(N4CCOCC4)c4sccc4n3)c3ccccc32)cc1. The molecular weight excluding hydrogens is 470 g/mol. The van der Waals surface area contributed by atoms with E-state index in [9.17, 15) is 0 Å². The maximum absolute atomic E-state index is 9.06. The molecule has 3 aromatic heterocycles. The summed E-state index contributed by atoms with van der Waals surface area (Å²) in [5, 5.41) is 16.7. The standard InChI is InChI=1S/C27H23N7OS/c28-15-19-5-7-20(8-6-19)17-34-18-21(22-3-1-2-4-24(22)34)16-29-32-27-30-23-9-14-36-25(23)26(31-27)33-10-12-35-13-11-33/h1-9,14,16,18H,10-13,17H2,(H,30,31,32)/b29-16+. The minimum atomic E-state index is 0.472. The zero-order valence-corrected chi connectivity index (χ0v) is 20.3. The van der Waals surface area contributed by atoms with Crippen molar-refractivity contribution in [2.75, 3.05) is 36.6 Å². The summed E-state index contributed by atoms with van der Waals surface area (Å²) in [6.07, 6.45) is 3.91. The molecule has 178 valence electrons. The Morgan fingerprint density at radius 2 is 1.92 bits per heavy atom. The van der Waals surface area contributed by atoms with Crippen molar-refractivity contribution in [3.63, 3.8) is 0 Å². The molecule has 0 aliphatic carbocycles. The van der Waals surface area contributed by atoms with E-state index in [1.54, 1.807) is 11.3 Å². The number of hydrogen-bond acceptors (Lipinski definition) is 8. The normalized spacial score (nSPS) is 14.0. The Morgan fingerprint density at radius 1 is 1.08 bits per heavy atom. The summed E-state index contributed by atoms with van der Waals surface area (Å²) in [5.41, 5.74) is 7.86. The van der Waals surface area contributed by atoms with Crippen LogP contribution in [0.25, 0.3) is 21.1 Å². The predicted molar refractivity (Wildman–Crippen MR) is 144 cm³/mol. The molecule has 0 radical (unpaired) electrons. The Balaban J connectivity index is 1.26. The molecule has 6 rings (SSSR count). The van der Waals surface area contributed by atoms with Gasteiger partial charge in [0.15, 0.2) is 5.82 Å². The smallest absolute Gasteiger partial charge is 0.246 e. The summed E-state index contributed by atoms with van der Waals surface area (Å²) in [7, 11) is 0. The molecule has 0 spiro atoms. The fraction of sp³-hybridized carbons (Fsp3) is 0.185. The van der Waals surface area contributed by atoms with Crippen molar-refractivity contribution in [1.29, 1.82) is 5.26 Å². The van der Waals surface area contributed by atoms with Crippen molar-refractivity contribution >= 4 is 50.4 Å². The van der Waals surface area contributed by atoms with Gasteiger partial charge in [0, 0.05) is 42.3 Å². The number of aromatic nitrogens is 3. The lowest BCUT2D eigenvalue weighted by molar-refractivity contribution is 0.122. The topological polar surface area (TPSA) is 91.4 Å². The number of morpholine rings is 1. The van der Waals surface area contributed by atoms with Crippen LogP contribution in [0, 0.1) is 11.3 Å². The number of hydrazone groups is 1. The van der Waals surface area contributed by atoms with Crippen LogP contribution in [0.5, 0.6) is 0 Å². The van der Waals surface area contributed by atoms with Gasteiger partial charge in [-0.2, -0.15) is 15.3 Å². The molecule has 8 nitrogen and oxygen atoms in total. The summed E-state index contributed by atoms with van der Waals surface area (Å²) >= 11 is 1.65. The number of benzene rings is 2. The second-order valence-corrected chi connectivity index (χ2v) is 9.43. The van der Waals surface area contributed by atoms with Crippen molar-refractivity contribution in [2.45, 2.75) is 6.54 Å². The van der Waals surface area contributed by atoms with Crippen LogP contribution in [0.15, 0.2) is 71.3 Å². The molecule has 0 saturated carbocycles. The van der Waals surface area contributed by atoms with E-state index in [0.29, 0.717) is 31.3 Å². The number of para-hydroxylation sites is 1. The van der Waals surface area contributed by atoms with Crippen molar-refractivity contribution in [2.24, 2.45) is 5.10 Å². The monoisotopic (exact) mass is 493 g/mol. The van der Waals surface area contributed by atoms with Crippen LogP contribution in [0.3, 0.4) is 0 Å². The molecule has 0 bridgehead atoms. The van der Waals surface area contributed by atoms with Gasteiger partial charge >= 0.3 is 0 Å². The Hall–Kier alpha value is -4.26. The molecule has 5 aromatic rings. The molecule has 1 N–H and O–H groups in total. The molecule has 9 heteroatoms. The summed E-state index contributed by atoms with van der Waals surface area (Å²) < 4.78 is 8.79. The first-order valence-electron chi connectivity index (χ1n) is 11.7. The van der Waals surface area contributed by atoms with E-state index in [2.05, 4.69) is 49.4 Å². The van der Waals surface area contributed by atoms with E-state index in [0.717, 1.165) is 51.2 Å². The highest BCUT2D eigenvalue weighted by molar-refractivity contribution is 7.17. The van der Waals surface area contributed by atoms with Gasteiger partial charge in [0.25, 0.3) is 0 Å². The van der Waals surface area contributed by atoms with Gasteiger partial charge < -0.3 is 14.2 Å². The van der Waals surface area contributed by atoms with Gasteiger partial charge in [0.1, 0.15) is 0 Å². The Kier molecular flexibility index (Phi) is 6.03.